The molecule has 0 N–H and O–H groups in total. The number of hydrogen-bond acceptors (Lipinski definition) is 7. The molecule has 1 saturated heterocycles. The lowest BCUT2D eigenvalue weighted by Crippen LogP contribution is -2.24. The third-order valence-corrected chi connectivity index (χ3v) is 8.17. The first kappa shape index (κ1) is 21.9. The van der Waals surface area contributed by atoms with Crippen LogP contribution in [-0.2, 0) is 4.79 Å². The summed E-state index contributed by atoms with van der Waals surface area (Å²) in [7, 11) is 0. The van der Waals surface area contributed by atoms with Crippen LogP contribution in [0.4, 0.5) is 5.69 Å². The minimum Gasteiger partial charge on any atom is -0.339 e. The summed E-state index contributed by atoms with van der Waals surface area (Å²) in [6, 6.07) is 20.2. The van der Waals surface area contributed by atoms with Crippen molar-refractivity contribution < 1.29 is 9.32 Å². The largest absolute Gasteiger partial charge is 0.339 e. The van der Waals surface area contributed by atoms with Crippen LogP contribution in [0.1, 0.15) is 28.7 Å². The van der Waals surface area contributed by atoms with Gasteiger partial charge in [-0.1, -0.05) is 47.1 Å². The number of thiophene rings is 1. The zero-order valence-corrected chi connectivity index (χ0v) is 20.9. The normalized spacial score (nSPS) is 15.8. The van der Waals surface area contributed by atoms with Crippen LogP contribution in [0.15, 0.2) is 70.6 Å². The van der Waals surface area contributed by atoms with Gasteiger partial charge in [-0.2, -0.15) is 4.98 Å². The van der Waals surface area contributed by atoms with Crippen molar-refractivity contribution in [3.05, 3.63) is 82.4 Å². The molecule has 0 bridgehead atoms. The van der Waals surface area contributed by atoms with Crippen molar-refractivity contribution in [2.75, 3.05) is 11.4 Å². The number of hydrogen-bond donors (Lipinski definition) is 0. The molecule has 0 radical (unpaired) electrons. The van der Waals surface area contributed by atoms with Crippen LogP contribution < -0.4 is 4.90 Å². The topological polar surface area (TPSA) is 72.1 Å². The van der Waals surface area contributed by atoms with E-state index in [1.807, 2.05) is 55.5 Å². The van der Waals surface area contributed by atoms with Gasteiger partial charge in [0.1, 0.15) is 5.01 Å². The van der Waals surface area contributed by atoms with Crippen LogP contribution in [0.5, 0.6) is 0 Å². The molecule has 0 saturated carbocycles. The number of rotatable bonds is 5. The van der Waals surface area contributed by atoms with Gasteiger partial charge in [0.15, 0.2) is 0 Å². The Morgan fingerprint density at radius 3 is 2.46 bits per heavy atom. The predicted molar refractivity (Wildman–Crippen MR) is 140 cm³/mol. The molecule has 1 aliphatic heterocycles. The van der Waals surface area contributed by atoms with Gasteiger partial charge in [0.25, 0.3) is 0 Å². The van der Waals surface area contributed by atoms with E-state index < -0.39 is 0 Å². The molecule has 5 aromatic rings. The molecule has 6 rings (SSSR count). The summed E-state index contributed by atoms with van der Waals surface area (Å²) >= 11 is 3.41. The minimum absolute atomic E-state index is 0.0725. The number of aryl methyl sites for hydroxylation is 2. The van der Waals surface area contributed by atoms with Gasteiger partial charge >= 0.3 is 0 Å². The van der Waals surface area contributed by atoms with Crippen LogP contribution in [0.2, 0.25) is 0 Å². The summed E-state index contributed by atoms with van der Waals surface area (Å²) in [6.07, 6.45) is 0.365. The average Bonchev–Trinajstić information content (AvgIpc) is 3.66. The molecule has 35 heavy (non-hydrogen) atoms. The SMILES string of the molecule is Cc1ccc(N2CC(c3nc(-c4ccc(-c5csc(-c6ccc(C)s6)n5)cc4)no3)CC2=O)cc1. The van der Waals surface area contributed by atoms with E-state index in [9.17, 15) is 4.79 Å². The summed E-state index contributed by atoms with van der Waals surface area (Å²) in [5, 5.41) is 7.31. The van der Waals surface area contributed by atoms with E-state index in [0.29, 0.717) is 24.7 Å². The fourth-order valence-corrected chi connectivity index (χ4v) is 5.99. The fourth-order valence-electron chi connectivity index (χ4n) is 4.22. The number of thiazole rings is 1. The van der Waals surface area contributed by atoms with Crippen molar-refractivity contribution in [1.29, 1.82) is 0 Å². The highest BCUT2D eigenvalue weighted by molar-refractivity contribution is 7.21. The highest BCUT2D eigenvalue weighted by atomic mass is 32.1. The van der Waals surface area contributed by atoms with Gasteiger partial charge in [0, 0.05) is 40.0 Å². The number of carbonyl (C=O) groups is 1. The van der Waals surface area contributed by atoms with Gasteiger partial charge < -0.3 is 9.42 Å². The maximum Gasteiger partial charge on any atom is 0.232 e. The highest BCUT2D eigenvalue weighted by Crippen LogP contribution is 2.35. The number of carbonyl (C=O) groups excluding carboxylic acids is 1. The molecule has 3 aromatic heterocycles. The standard InChI is InChI=1S/C27H22N4O2S2/c1-16-3-10-21(11-4-16)31-14-20(13-24(31)32)26-29-25(30-33-26)19-8-6-18(7-9-19)22-15-34-27(28-22)23-12-5-17(2)35-23/h3-12,15,20H,13-14H2,1-2H3. The molecule has 2 aromatic carbocycles. The van der Waals surface area contributed by atoms with Crippen molar-refractivity contribution in [2.24, 2.45) is 0 Å². The van der Waals surface area contributed by atoms with E-state index in [1.54, 1.807) is 27.6 Å². The zero-order valence-electron chi connectivity index (χ0n) is 19.3. The minimum atomic E-state index is -0.112. The number of anilines is 1. The van der Waals surface area contributed by atoms with Crippen LogP contribution in [0, 0.1) is 13.8 Å². The van der Waals surface area contributed by atoms with Gasteiger partial charge in [-0.3, -0.25) is 4.79 Å². The second-order valence-electron chi connectivity index (χ2n) is 8.72. The van der Waals surface area contributed by atoms with Crippen LogP contribution in [-0.4, -0.2) is 27.6 Å². The Hall–Kier alpha value is -3.62. The van der Waals surface area contributed by atoms with E-state index in [0.717, 1.165) is 33.1 Å². The van der Waals surface area contributed by atoms with Crippen molar-refractivity contribution >= 4 is 34.3 Å². The molecule has 1 fully saturated rings. The lowest BCUT2D eigenvalue weighted by atomic mass is 10.1. The number of benzene rings is 2. The van der Waals surface area contributed by atoms with Gasteiger partial charge in [0.05, 0.1) is 16.5 Å². The van der Waals surface area contributed by atoms with E-state index in [4.69, 9.17) is 9.51 Å². The van der Waals surface area contributed by atoms with Gasteiger partial charge in [-0.05, 0) is 38.1 Å². The first-order valence-corrected chi connectivity index (χ1v) is 13.1. The second-order valence-corrected chi connectivity index (χ2v) is 10.9. The molecule has 1 amide bonds. The molecular weight excluding hydrogens is 476 g/mol. The van der Waals surface area contributed by atoms with Crippen molar-refractivity contribution in [3.8, 4) is 32.5 Å². The Morgan fingerprint density at radius 1 is 0.943 bits per heavy atom. The second kappa shape index (κ2) is 8.87. The molecule has 0 spiro atoms. The van der Waals surface area contributed by atoms with E-state index in [1.165, 1.54) is 9.75 Å². The summed E-state index contributed by atoms with van der Waals surface area (Å²) in [5.41, 5.74) is 4.93. The fraction of sp³-hybridized carbons (Fsp3) is 0.185. The molecule has 4 heterocycles. The highest BCUT2D eigenvalue weighted by Gasteiger charge is 2.35. The Kier molecular flexibility index (Phi) is 5.54. The molecule has 1 aliphatic rings. The molecule has 0 aliphatic carbocycles. The summed E-state index contributed by atoms with van der Waals surface area (Å²) in [4.78, 5) is 26.3. The summed E-state index contributed by atoms with van der Waals surface area (Å²) in [6.45, 7) is 4.68. The average molecular weight is 499 g/mol. The number of nitrogens with zero attached hydrogens (tertiary/aromatic N) is 4. The lowest BCUT2D eigenvalue weighted by Gasteiger charge is -2.16. The van der Waals surface area contributed by atoms with E-state index in [-0.39, 0.29) is 11.8 Å². The first-order chi connectivity index (χ1) is 17.0. The van der Waals surface area contributed by atoms with Gasteiger partial charge in [-0.25, -0.2) is 4.98 Å². The Labute approximate surface area is 210 Å². The summed E-state index contributed by atoms with van der Waals surface area (Å²) < 4.78 is 5.57. The smallest absolute Gasteiger partial charge is 0.232 e. The Morgan fingerprint density at radius 2 is 1.71 bits per heavy atom. The van der Waals surface area contributed by atoms with Crippen LogP contribution in [0.25, 0.3) is 32.5 Å². The predicted octanol–water partition coefficient (Wildman–Crippen LogP) is 6.73. The number of aromatic nitrogens is 3. The van der Waals surface area contributed by atoms with Gasteiger partial charge in [0.2, 0.25) is 17.6 Å². The molecule has 174 valence electrons. The molecule has 1 atom stereocenters. The first-order valence-electron chi connectivity index (χ1n) is 11.4. The third kappa shape index (κ3) is 4.31. The van der Waals surface area contributed by atoms with Crippen molar-refractivity contribution in [3.63, 3.8) is 0 Å². The Balaban J connectivity index is 1.17. The van der Waals surface area contributed by atoms with E-state index in [2.05, 4.69) is 34.6 Å². The number of amides is 1. The monoisotopic (exact) mass is 498 g/mol. The van der Waals surface area contributed by atoms with Crippen LogP contribution in [0.3, 0.4) is 0 Å². The lowest BCUT2D eigenvalue weighted by molar-refractivity contribution is -0.117. The molecular formula is C27H22N4O2S2. The van der Waals surface area contributed by atoms with Crippen molar-refractivity contribution in [1.82, 2.24) is 15.1 Å². The Bertz CT molecular complexity index is 1500. The van der Waals surface area contributed by atoms with E-state index >= 15 is 0 Å². The molecule has 6 nitrogen and oxygen atoms in total. The quantitative estimate of drug-likeness (QED) is 0.269. The van der Waals surface area contributed by atoms with Crippen LogP contribution >= 0.6 is 22.7 Å². The zero-order chi connectivity index (χ0) is 23.9. The maximum atomic E-state index is 12.6. The molecule has 8 heteroatoms. The maximum absolute atomic E-state index is 12.6. The van der Waals surface area contributed by atoms with Gasteiger partial charge in [-0.15, -0.1) is 22.7 Å². The van der Waals surface area contributed by atoms with Crippen molar-refractivity contribution in [2.45, 2.75) is 26.2 Å². The third-order valence-electron chi connectivity index (χ3n) is 6.16. The summed E-state index contributed by atoms with van der Waals surface area (Å²) in [5.74, 6) is 0.991. The molecule has 1 unspecified atom stereocenters.